The fourth-order valence-corrected chi connectivity index (χ4v) is 7.04. The number of ether oxygens (including phenoxy) is 1. The number of epoxide rings is 1. The van der Waals surface area contributed by atoms with E-state index in [1.807, 2.05) is 27.2 Å². The molecule has 1 saturated heterocycles. The van der Waals surface area contributed by atoms with Crippen LogP contribution in [0.1, 0.15) is 168 Å². The number of amides is 1. The van der Waals surface area contributed by atoms with Gasteiger partial charge in [0, 0.05) is 6.42 Å². The van der Waals surface area contributed by atoms with Crippen LogP contribution in [0, 0.1) is 0 Å². The molecule has 1 rings (SSSR count). The average molecular weight is 796 g/mol. The highest BCUT2D eigenvalue weighted by atomic mass is 31.2. The Morgan fingerprint density at radius 3 is 1.89 bits per heavy atom. The van der Waals surface area contributed by atoms with E-state index in [-0.39, 0.29) is 25.5 Å². The molecule has 0 radical (unpaired) electrons. The lowest BCUT2D eigenvalue weighted by atomic mass is 10.0. The number of quaternary nitrogens is 1. The maximum Gasteiger partial charge on any atom is 0.472 e. The molecule has 0 saturated carbocycles. The van der Waals surface area contributed by atoms with Gasteiger partial charge in [-0.3, -0.25) is 13.8 Å². The Kier molecular flexibility index (Phi) is 31.2. The van der Waals surface area contributed by atoms with Crippen molar-refractivity contribution in [2.75, 3.05) is 40.9 Å². The number of carbonyl (C=O) groups excluding carboxylic acids is 1. The largest absolute Gasteiger partial charge is 0.472 e. The fraction of sp³-hybridized carbons (Fsp3) is 0.800. The smallest absolute Gasteiger partial charge is 0.387 e. The molecule has 10 heteroatoms. The second-order valence-corrected chi connectivity index (χ2v) is 17.9. The van der Waals surface area contributed by atoms with Crippen LogP contribution < -0.4 is 5.32 Å². The minimum Gasteiger partial charge on any atom is -0.387 e. The van der Waals surface area contributed by atoms with Crippen LogP contribution in [-0.4, -0.2) is 85.6 Å². The van der Waals surface area contributed by atoms with Crippen LogP contribution >= 0.6 is 7.82 Å². The van der Waals surface area contributed by atoms with Gasteiger partial charge in [0.2, 0.25) is 5.91 Å². The molecule has 5 atom stereocenters. The molecule has 0 aromatic rings. The van der Waals surface area contributed by atoms with Crippen molar-refractivity contribution < 1.29 is 37.6 Å². The molecule has 320 valence electrons. The maximum absolute atomic E-state index is 12.8. The number of phosphoric acid groups is 1. The number of nitrogens with zero attached hydrogens (tertiary/aromatic N) is 1. The summed E-state index contributed by atoms with van der Waals surface area (Å²) in [7, 11) is 1.52. The third kappa shape index (κ3) is 33.1. The van der Waals surface area contributed by atoms with Crippen LogP contribution in [0.2, 0.25) is 0 Å². The van der Waals surface area contributed by atoms with Gasteiger partial charge >= 0.3 is 7.82 Å². The zero-order chi connectivity index (χ0) is 40.5. The molecule has 1 fully saturated rings. The molecular weight excluding hydrogens is 711 g/mol. The Balaban J connectivity index is 2.37. The first-order valence-electron chi connectivity index (χ1n) is 22.1. The number of nitrogens with one attached hydrogen (secondary N) is 1. The highest BCUT2D eigenvalue weighted by Crippen LogP contribution is 2.43. The van der Waals surface area contributed by atoms with Gasteiger partial charge < -0.3 is 24.5 Å². The summed E-state index contributed by atoms with van der Waals surface area (Å²) >= 11 is 0. The molecule has 0 aliphatic carbocycles. The van der Waals surface area contributed by atoms with Crippen LogP contribution in [0.25, 0.3) is 0 Å². The number of hydrogen-bond donors (Lipinski definition) is 3. The van der Waals surface area contributed by atoms with Crippen molar-refractivity contribution in [2.45, 2.75) is 192 Å². The summed E-state index contributed by atoms with van der Waals surface area (Å²) in [6.45, 7) is 4.72. The number of aliphatic hydroxyl groups excluding tert-OH is 1. The second-order valence-electron chi connectivity index (χ2n) is 16.5. The normalized spacial score (nSPS) is 18.5. The van der Waals surface area contributed by atoms with Gasteiger partial charge in [-0.25, -0.2) is 4.57 Å². The Morgan fingerprint density at radius 2 is 1.27 bits per heavy atom. The molecular formula is C45H84N2O7P+. The summed E-state index contributed by atoms with van der Waals surface area (Å²) < 4.78 is 29.3. The lowest BCUT2D eigenvalue weighted by Gasteiger charge is -2.25. The van der Waals surface area contributed by atoms with E-state index in [1.54, 1.807) is 6.08 Å². The summed E-state index contributed by atoms with van der Waals surface area (Å²) in [5, 5.41) is 13.8. The molecule has 9 nitrogen and oxygen atoms in total. The van der Waals surface area contributed by atoms with Gasteiger partial charge in [-0.05, 0) is 51.4 Å². The second kappa shape index (κ2) is 33.4. The van der Waals surface area contributed by atoms with Crippen LogP contribution in [0.4, 0.5) is 0 Å². The highest BCUT2D eigenvalue weighted by Gasteiger charge is 2.36. The molecule has 0 spiro atoms. The summed E-state index contributed by atoms with van der Waals surface area (Å²) in [4.78, 5) is 23.1. The molecule has 1 aliphatic rings. The van der Waals surface area contributed by atoms with E-state index in [9.17, 15) is 19.4 Å². The number of carbonyl (C=O) groups is 1. The van der Waals surface area contributed by atoms with Gasteiger partial charge in [-0.15, -0.1) is 0 Å². The summed E-state index contributed by atoms with van der Waals surface area (Å²) in [6, 6.07) is -0.878. The molecule has 0 bridgehead atoms. The average Bonchev–Trinajstić information content (AvgIpc) is 3.89. The third-order valence-electron chi connectivity index (χ3n) is 9.97. The monoisotopic (exact) mass is 796 g/mol. The van der Waals surface area contributed by atoms with Crippen molar-refractivity contribution in [1.29, 1.82) is 0 Å². The van der Waals surface area contributed by atoms with Crippen LogP contribution in [-0.2, 0) is 23.1 Å². The Morgan fingerprint density at radius 1 is 0.727 bits per heavy atom. The summed E-state index contributed by atoms with van der Waals surface area (Å²) in [5.41, 5.74) is 0. The van der Waals surface area contributed by atoms with Gasteiger partial charge in [0.25, 0.3) is 0 Å². The minimum absolute atomic E-state index is 0.0477. The van der Waals surface area contributed by atoms with E-state index in [1.165, 1.54) is 96.3 Å². The van der Waals surface area contributed by atoms with Crippen LogP contribution in [0.15, 0.2) is 48.6 Å². The quantitative estimate of drug-likeness (QED) is 0.0187. The number of unbranched alkanes of at least 4 members (excludes halogenated alkanes) is 16. The van der Waals surface area contributed by atoms with E-state index < -0.39 is 20.0 Å². The van der Waals surface area contributed by atoms with E-state index >= 15 is 0 Å². The molecule has 55 heavy (non-hydrogen) atoms. The van der Waals surface area contributed by atoms with Crippen molar-refractivity contribution >= 4 is 13.7 Å². The fourth-order valence-electron chi connectivity index (χ4n) is 6.30. The van der Waals surface area contributed by atoms with Gasteiger partial charge in [0.05, 0.1) is 52.1 Å². The zero-order valence-corrected chi connectivity index (χ0v) is 36.7. The Bertz CT molecular complexity index is 1100. The van der Waals surface area contributed by atoms with Crippen molar-refractivity contribution in [3.8, 4) is 0 Å². The number of phosphoric ester groups is 1. The van der Waals surface area contributed by atoms with Crippen molar-refractivity contribution in [2.24, 2.45) is 0 Å². The number of rotatable bonds is 38. The van der Waals surface area contributed by atoms with E-state index in [4.69, 9.17) is 13.8 Å². The lowest BCUT2D eigenvalue weighted by molar-refractivity contribution is -0.870. The Hall–Kier alpha value is -1.58. The SMILES string of the molecule is CCCCCCCCCCCCCCC/C=C/[C@@H](O)[C@H](COP(=O)(O)OCC[N+](C)(C)C)NC(=O)CCC/C=C\C/C=C\C/C=C\CC1OC1CCCCC. The zero-order valence-electron chi connectivity index (χ0n) is 35.9. The highest BCUT2D eigenvalue weighted by molar-refractivity contribution is 7.47. The topological polar surface area (TPSA) is 118 Å². The predicted molar refractivity (Wildman–Crippen MR) is 230 cm³/mol. The summed E-state index contributed by atoms with van der Waals surface area (Å²) in [5.74, 6) is -0.236. The van der Waals surface area contributed by atoms with Gasteiger partial charge in [-0.1, -0.05) is 159 Å². The van der Waals surface area contributed by atoms with Gasteiger partial charge in [0.1, 0.15) is 13.2 Å². The van der Waals surface area contributed by atoms with E-state index in [0.717, 1.165) is 44.9 Å². The molecule has 0 aromatic heterocycles. The van der Waals surface area contributed by atoms with Crippen LogP contribution in [0.5, 0.6) is 0 Å². The maximum atomic E-state index is 12.8. The number of likely N-dealkylation sites (N-methyl/N-ethyl adjacent to an activating group) is 1. The first-order valence-corrected chi connectivity index (χ1v) is 23.6. The summed E-state index contributed by atoms with van der Waals surface area (Å²) in [6.07, 6.45) is 43.6. The van der Waals surface area contributed by atoms with E-state index in [0.29, 0.717) is 29.7 Å². The molecule has 1 aliphatic heterocycles. The molecule has 0 aromatic carbocycles. The first-order chi connectivity index (χ1) is 26.5. The molecule has 3 unspecified atom stereocenters. The number of allylic oxidation sites excluding steroid dienone is 6. The van der Waals surface area contributed by atoms with E-state index in [2.05, 4.69) is 55.6 Å². The van der Waals surface area contributed by atoms with Crippen molar-refractivity contribution in [1.82, 2.24) is 5.32 Å². The van der Waals surface area contributed by atoms with Crippen molar-refractivity contribution in [3.05, 3.63) is 48.6 Å². The molecule has 1 amide bonds. The molecule has 1 heterocycles. The molecule has 3 N–H and O–H groups in total. The van der Waals surface area contributed by atoms with Crippen LogP contribution in [0.3, 0.4) is 0 Å². The minimum atomic E-state index is -4.35. The predicted octanol–water partition coefficient (Wildman–Crippen LogP) is 11.1. The van der Waals surface area contributed by atoms with Gasteiger partial charge in [0.15, 0.2) is 0 Å². The third-order valence-corrected chi connectivity index (χ3v) is 11.0. The lowest BCUT2D eigenvalue weighted by Crippen LogP contribution is -2.45. The standard InChI is InChI=1S/C45H83N2O7P/c1-6-8-10-11-12-13-14-15-16-17-18-21-24-27-31-34-42(48)41(40-53-55(50,51)52-39-38-47(3,4)5)46-45(49)37-33-29-26-23-20-19-22-25-28-32-36-44-43(54-44)35-30-9-7-2/h19,22-23,26,28,31-32,34,41-44,48H,6-18,20-21,24-25,27,29-30,33,35-40H2,1-5H3,(H-,46,49,50,51)/p+1/b22-19-,26-23-,32-28-,34-31+/t41-,42+,43?,44?/m0/s1. The van der Waals surface area contributed by atoms with Gasteiger partial charge in [-0.2, -0.15) is 0 Å². The first kappa shape index (κ1) is 51.4. The number of aliphatic hydroxyl groups is 1. The number of hydrogen-bond acceptors (Lipinski definition) is 6. The van der Waals surface area contributed by atoms with Crippen molar-refractivity contribution in [3.63, 3.8) is 0 Å². The Labute approximate surface area is 337 Å².